The monoisotopic (exact) mass is 399 g/mol. The summed E-state index contributed by atoms with van der Waals surface area (Å²) >= 11 is 0. The molecule has 2 amide bonds. The van der Waals surface area contributed by atoms with Crippen LogP contribution in [0.25, 0.3) is 0 Å². The number of piperidine rings is 1. The Morgan fingerprint density at radius 1 is 1.17 bits per heavy atom. The lowest BCUT2D eigenvalue weighted by Gasteiger charge is -2.31. The number of carbonyl (C=O) groups excluding carboxylic acids is 2. The fraction of sp³-hybridized carbons (Fsp3) is 0.400. The van der Waals surface area contributed by atoms with Crippen molar-refractivity contribution in [3.63, 3.8) is 0 Å². The molecular formula is C20H25N5O4. The summed E-state index contributed by atoms with van der Waals surface area (Å²) in [6, 6.07) is 10.7. The van der Waals surface area contributed by atoms with Gasteiger partial charge in [-0.1, -0.05) is 6.07 Å². The Balaban J connectivity index is 1.51. The van der Waals surface area contributed by atoms with Gasteiger partial charge < -0.3 is 25.0 Å². The van der Waals surface area contributed by atoms with Crippen molar-refractivity contribution in [1.29, 1.82) is 0 Å². The maximum Gasteiger partial charge on any atom is 0.409 e. The van der Waals surface area contributed by atoms with Crippen LogP contribution in [0.2, 0.25) is 0 Å². The van der Waals surface area contributed by atoms with Crippen LogP contribution in [0.1, 0.15) is 30.3 Å². The molecule has 1 fully saturated rings. The summed E-state index contributed by atoms with van der Waals surface area (Å²) in [5, 5.41) is 14.1. The number of amides is 2. The van der Waals surface area contributed by atoms with Crippen molar-refractivity contribution in [2.75, 3.05) is 32.1 Å². The fourth-order valence-corrected chi connectivity index (χ4v) is 3.05. The molecule has 3 rings (SSSR count). The summed E-state index contributed by atoms with van der Waals surface area (Å²) in [5.41, 5.74) is 1.05. The number of rotatable bonds is 6. The topological polar surface area (TPSA) is 106 Å². The van der Waals surface area contributed by atoms with Gasteiger partial charge in [0.2, 0.25) is 0 Å². The van der Waals surface area contributed by atoms with Crippen LogP contribution in [0.4, 0.5) is 16.3 Å². The molecule has 0 radical (unpaired) electrons. The van der Waals surface area contributed by atoms with E-state index < -0.39 is 0 Å². The Hall–Kier alpha value is -3.36. The van der Waals surface area contributed by atoms with Crippen molar-refractivity contribution in [2.45, 2.75) is 25.8 Å². The quantitative estimate of drug-likeness (QED) is 0.769. The Bertz CT molecular complexity index is 835. The van der Waals surface area contributed by atoms with Gasteiger partial charge in [0.15, 0.2) is 11.5 Å². The molecule has 1 aliphatic rings. The van der Waals surface area contributed by atoms with Gasteiger partial charge in [0.25, 0.3) is 5.91 Å². The van der Waals surface area contributed by atoms with Crippen LogP contribution in [0.15, 0.2) is 36.4 Å². The number of likely N-dealkylation sites (tertiary alicyclic amines) is 1. The van der Waals surface area contributed by atoms with Gasteiger partial charge in [-0.15, -0.1) is 10.2 Å². The van der Waals surface area contributed by atoms with Crippen molar-refractivity contribution in [1.82, 2.24) is 20.4 Å². The van der Waals surface area contributed by atoms with E-state index >= 15 is 0 Å². The lowest BCUT2D eigenvalue weighted by Crippen LogP contribution is -2.46. The molecule has 2 heterocycles. The number of aromatic nitrogens is 2. The predicted octanol–water partition coefficient (Wildman–Crippen LogP) is 2.58. The highest BCUT2D eigenvalue weighted by molar-refractivity contribution is 5.92. The SMILES string of the molecule is CCOC(=O)N1CCC(NC(=O)c2ccc(Nc3cccc(OC)c3)nn2)CC1. The first-order valence-electron chi connectivity index (χ1n) is 9.56. The van der Waals surface area contributed by atoms with Crippen molar-refractivity contribution < 1.29 is 19.1 Å². The van der Waals surface area contributed by atoms with Crippen LogP contribution in [0, 0.1) is 0 Å². The maximum atomic E-state index is 12.4. The molecule has 0 bridgehead atoms. The zero-order valence-corrected chi connectivity index (χ0v) is 16.6. The highest BCUT2D eigenvalue weighted by Crippen LogP contribution is 2.20. The van der Waals surface area contributed by atoms with Crippen LogP contribution < -0.4 is 15.4 Å². The second kappa shape index (κ2) is 9.72. The van der Waals surface area contributed by atoms with Gasteiger partial charge >= 0.3 is 6.09 Å². The molecule has 154 valence electrons. The molecule has 29 heavy (non-hydrogen) atoms. The minimum atomic E-state index is -0.303. The lowest BCUT2D eigenvalue weighted by atomic mass is 10.1. The third-order valence-corrected chi connectivity index (χ3v) is 4.60. The van der Waals surface area contributed by atoms with Gasteiger partial charge in [-0.2, -0.15) is 0 Å². The van der Waals surface area contributed by atoms with E-state index in [0.717, 1.165) is 11.4 Å². The van der Waals surface area contributed by atoms with Crippen LogP contribution in [-0.4, -0.2) is 59.9 Å². The molecule has 0 unspecified atom stereocenters. The Morgan fingerprint density at radius 2 is 1.97 bits per heavy atom. The van der Waals surface area contributed by atoms with E-state index in [0.29, 0.717) is 38.4 Å². The van der Waals surface area contributed by atoms with E-state index in [9.17, 15) is 9.59 Å². The summed E-state index contributed by atoms with van der Waals surface area (Å²) < 4.78 is 10.2. The average Bonchev–Trinajstić information content (AvgIpc) is 2.75. The molecular weight excluding hydrogens is 374 g/mol. The largest absolute Gasteiger partial charge is 0.497 e. The van der Waals surface area contributed by atoms with E-state index in [1.165, 1.54) is 0 Å². The van der Waals surface area contributed by atoms with Crippen LogP contribution in [0.5, 0.6) is 5.75 Å². The zero-order chi connectivity index (χ0) is 20.6. The van der Waals surface area contributed by atoms with Crippen molar-refractivity contribution in [3.8, 4) is 5.75 Å². The number of nitrogens with zero attached hydrogens (tertiary/aromatic N) is 3. The van der Waals surface area contributed by atoms with Crippen molar-refractivity contribution in [2.24, 2.45) is 0 Å². The number of ether oxygens (including phenoxy) is 2. The number of benzene rings is 1. The highest BCUT2D eigenvalue weighted by atomic mass is 16.6. The third kappa shape index (κ3) is 5.56. The van der Waals surface area contributed by atoms with E-state index in [-0.39, 0.29) is 23.7 Å². The summed E-state index contributed by atoms with van der Waals surface area (Å²) in [6.07, 6.45) is 1.04. The zero-order valence-electron chi connectivity index (χ0n) is 16.6. The van der Waals surface area contributed by atoms with E-state index in [4.69, 9.17) is 9.47 Å². The van der Waals surface area contributed by atoms with Crippen LogP contribution >= 0.6 is 0 Å². The average molecular weight is 399 g/mol. The Morgan fingerprint density at radius 3 is 2.62 bits per heavy atom. The van der Waals surface area contributed by atoms with Gasteiger partial charge in [-0.05, 0) is 44.0 Å². The minimum absolute atomic E-state index is 0.00967. The molecule has 2 aromatic rings. The first-order chi connectivity index (χ1) is 14.1. The predicted molar refractivity (Wildman–Crippen MR) is 107 cm³/mol. The van der Waals surface area contributed by atoms with Gasteiger partial charge in [0.1, 0.15) is 5.75 Å². The van der Waals surface area contributed by atoms with Gasteiger partial charge in [0, 0.05) is 30.9 Å². The molecule has 0 atom stereocenters. The van der Waals surface area contributed by atoms with Crippen molar-refractivity contribution in [3.05, 3.63) is 42.1 Å². The summed E-state index contributed by atoms with van der Waals surface area (Å²) in [4.78, 5) is 25.8. The molecule has 0 spiro atoms. The number of hydrogen-bond donors (Lipinski definition) is 2. The lowest BCUT2D eigenvalue weighted by molar-refractivity contribution is 0.0856. The molecule has 1 saturated heterocycles. The molecule has 0 aliphatic carbocycles. The standard InChI is InChI=1S/C20H25N5O4/c1-3-29-20(27)25-11-9-14(10-12-25)22-19(26)17-7-8-18(24-23-17)21-15-5-4-6-16(13-15)28-2/h4-8,13-14H,3,9-12H2,1-2H3,(H,21,24)(H,22,26). The molecule has 1 aromatic carbocycles. The fourth-order valence-electron chi connectivity index (χ4n) is 3.05. The summed E-state index contributed by atoms with van der Waals surface area (Å²) in [5.74, 6) is 0.977. The Labute approximate surface area is 169 Å². The highest BCUT2D eigenvalue weighted by Gasteiger charge is 2.25. The molecule has 1 aliphatic heterocycles. The van der Waals surface area contributed by atoms with E-state index in [1.54, 1.807) is 31.1 Å². The number of nitrogens with one attached hydrogen (secondary N) is 2. The molecule has 9 heteroatoms. The molecule has 2 N–H and O–H groups in total. The Kier molecular flexibility index (Phi) is 6.83. The number of methoxy groups -OCH3 is 1. The first kappa shape index (κ1) is 20.4. The summed E-state index contributed by atoms with van der Waals surface area (Å²) in [7, 11) is 1.60. The van der Waals surface area contributed by atoms with E-state index in [2.05, 4.69) is 20.8 Å². The van der Waals surface area contributed by atoms with Gasteiger partial charge in [-0.25, -0.2) is 4.79 Å². The number of anilines is 2. The molecule has 1 aromatic heterocycles. The van der Waals surface area contributed by atoms with Crippen molar-refractivity contribution >= 4 is 23.5 Å². The molecule has 9 nitrogen and oxygen atoms in total. The van der Waals surface area contributed by atoms with Crippen LogP contribution in [-0.2, 0) is 4.74 Å². The molecule has 0 saturated carbocycles. The minimum Gasteiger partial charge on any atom is -0.497 e. The number of carbonyl (C=O) groups is 2. The van der Waals surface area contributed by atoms with Gasteiger partial charge in [-0.3, -0.25) is 4.79 Å². The smallest absolute Gasteiger partial charge is 0.409 e. The third-order valence-electron chi connectivity index (χ3n) is 4.60. The maximum absolute atomic E-state index is 12.4. The van der Waals surface area contributed by atoms with Crippen LogP contribution in [0.3, 0.4) is 0 Å². The second-order valence-corrected chi connectivity index (χ2v) is 6.59. The number of hydrogen-bond acceptors (Lipinski definition) is 7. The first-order valence-corrected chi connectivity index (χ1v) is 9.56. The summed E-state index contributed by atoms with van der Waals surface area (Å²) in [6.45, 7) is 3.25. The second-order valence-electron chi connectivity index (χ2n) is 6.59. The normalized spacial score (nSPS) is 14.2. The van der Waals surface area contributed by atoms with E-state index in [1.807, 2.05) is 24.3 Å². The van der Waals surface area contributed by atoms with Gasteiger partial charge in [0.05, 0.1) is 13.7 Å².